The van der Waals surface area contributed by atoms with Gasteiger partial charge in [0.25, 0.3) is 0 Å². The van der Waals surface area contributed by atoms with Crippen molar-refractivity contribution >= 4 is 5.97 Å². The maximum atomic E-state index is 14.0. The number of esters is 1. The number of hydrogen-bond acceptors (Lipinski definition) is 3. The summed E-state index contributed by atoms with van der Waals surface area (Å²) in [5.74, 6) is -1.47. The highest BCUT2D eigenvalue weighted by Crippen LogP contribution is 2.31. The van der Waals surface area contributed by atoms with Gasteiger partial charge in [-0.3, -0.25) is 4.79 Å². The molecule has 0 aliphatic rings. The summed E-state index contributed by atoms with van der Waals surface area (Å²) in [4.78, 5) is 11.7. The Balaban J connectivity index is 3.24. The Kier molecular flexibility index (Phi) is 4.49. The van der Waals surface area contributed by atoms with Crippen molar-refractivity contribution in [3.63, 3.8) is 0 Å². The van der Waals surface area contributed by atoms with Gasteiger partial charge in [-0.1, -0.05) is 26.0 Å². The Hall–Kier alpha value is -1.58. The molecule has 0 spiro atoms. The van der Waals surface area contributed by atoms with Crippen molar-refractivity contribution in [3.8, 4) is 5.75 Å². The zero-order valence-electron chi connectivity index (χ0n) is 10.5. The van der Waals surface area contributed by atoms with E-state index in [0.29, 0.717) is 5.56 Å². The van der Waals surface area contributed by atoms with Crippen LogP contribution in [-0.2, 0) is 9.53 Å². The Labute approximate surface area is 101 Å². The summed E-state index contributed by atoms with van der Waals surface area (Å²) in [6.45, 7) is 3.70. The van der Waals surface area contributed by atoms with Crippen LogP contribution in [-0.4, -0.2) is 20.2 Å². The molecule has 0 amide bonds. The molecular formula is C13H17FO3. The van der Waals surface area contributed by atoms with E-state index in [0.717, 1.165) is 0 Å². The number of rotatable bonds is 4. The summed E-state index contributed by atoms with van der Waals surface area (Å²) in [5.41, 5.74) is 0.311. The topological polar surface area (TPSA) is 35.5 Å². The minimum absolute atomic E-state index is 0.0518. The monoisotopic (exact) mass is 240 g/mol. The van der Waals surface area contributed by atoms with E-state index in [4.69, 9.17) is 9.47 Å². The Morgan fingerprint density at radius 2 is 1.94 bits per heavy atom. The van der Waals surface area contributed by atoms with Crippen molar-refractivity contribution < 1.29 is 18.7 Å². The molecule has 0 aromatic heterocycles. The highest BCUT2D eigenvalue weighted by molar-refractivity contribution is 5.78. The van der Waals surface area contributed by atoms with E-state index < -0.39 is 17.7 Å². The molecular weight excluding hydrogens is 223 g/mol. The molecule has 1 atom stereocenters. The summed E-state index contributed by atoms with van der Waals surface area (Å²) in [6, 6.07) is 4.77. The lowest BCUT2D eigenvalue weighted by Gasteiger charge is -2.20. The Bertz CT molecular complexity index is 402. The first-order chi connectivity index (χ1) is 8.02. The predicted octanol–water partition coefficient (Wildman–Crippen LogP) is 2.75. The summed E-state index contributed by atoms with van der Waals surface area (Å²) < 4.78 is 23.7. The molecule has 3 nitrogen and oxygen atoms in total. The van der Waals surface area contributed by atoms with E-state index in [2.05, 4.69) is 0 Å². The quantitative estimate of drug-likeness (QED) is 0.759. The van der Waals surface area contributed by atoms with E-state index >= 15 is 0 Å². The highest BCUT2D eigenvalue weighted by Gasteiger charge is 2.28. The molecule has 0 saturated heterocycles. The molecule has 0 aliphatic carbocycles. The zero-order valence-corrected chi connectivity index (χ0v) is 10.5. The fourth-order valence-electron chi connectivity index (χ4n) is 1.81. The summed E-state index contributed by atoms with van der Waals surface area (Å²) in [6.07, 6.45) is 0. The third-order valence-electron chi connectivity index (χ3n) is 2.67. The van der Waals surface area contributed by atoms with Crippen LogP contribution in [0.2, 0.25) is 0 Å². The van der Waals surface area contributed by atoms with Gasteiger partial charge in [-0.25, -0.2) is 4.39 Å². The number of hydrogen-bond donors (Lipinski definition) is 0. The SMILES string of the molecule is COC(=O)C(c1cccc(OC)c1F)C(C)C. The van der Waals surface area contributed by atoms with Crippen molar-refractivity contribution in [2.24, 2.45) is 5.92 Å². The minimum Gasteiger partial charge on any atom is -0.494 e. The van der Waals surface area contributed by atoms with Crippen molar-refractivity contribution in [2.45, 2.75) is 19.8 Å². The number of carbonyl (C=O) groups is 1. The maximum Gasteiger partial charge on any atom is 0.313 e. The average molecular weight is 240 g/mol. The minimum atomic E-state index is -0.616. The van der Waals surface area contributed by atoms with Gasteiger partial charge in [-0.05, 0) is 12.0 Å². The fourth-order valence-corrected chi connectivity index (χ4v) is 1.81. The molecule has 0 radical (unpaired) electrons. The van der Waals surface area contributed by atoms with Gasteiger partial charge in [-0.15, -0.1) is 0 Å². The van der Waals surface area contributed by atoms with Gasteiger partial charge in [0.15, 0.2) is 11.6 Å². The molecule has 1 rings (SSSR count). The zero-order chi connectivity index (χ0) is 13.0. The molecule has 1 aromatic rings. The molecule has 0 saturated carbocycles. The van der Waals surface area contributed by atoms with Crippen LogP contribution in [0.5, 0.6) is 5.75 Å². The number of halogens is 1. The van der Waals surface area contributed by atoms with Crippen LogP contribution >= 0.6 is 0 Å². The van der Waals surface area contributed by atoms with Crippen molar-refractivity contribution in [2.75, 3.05) is 14.2 Å². The maximum absolute atomic E-state index is 14.0. The van der Waals surface area contributed by atoms with Crippen molar-refractivity contribution in [1.82, 2.24) is 0 Å². The molecule has 0 fully saturated rings. The smallest absolute Gasteiger partial charge is 0.313 e. The fraction of sp³-hybridized carbons (Fsp3) is 0.462. The molecule has 0 aliphatic heterocycles. The van der Waals surface area contributed by atoms with Gasteiger partial charge in [0.1, 0.15) is 0 Å². The second kappa shape index (κ2) is 5.66. The lowest BCUT2D eigenvalue weighted by Crippen LogP contribution is -2.21. The predicted molar refractivity (Wildman–Crippen MR) is 62.5 cm³/mol. The van der Waals surface area contributed by atoms with E-state index in [9.17, 15) is 9.18 Å². The second-order valence-electron chi connectivity index (χ2n) is 4.11. The van der Waals surface area contributed by atoms with Gasteiger partial charge in [0.2, 0.25) is 0 Å². The standard InChI is InChI=1S/C13H17FO3/c1-8(2)11(13(15)17-4)9-6-5-7-10(16-3)12(9)14/h5-8,11H,1-4H3. The van der Waals surface area contributed by atoms with Crippen molar-refractivity contribution in [1.29, 1.82) is 0 Å². The van der Waals surface area contributed by atoms with Gasteiger partial charge in [0, 0.05) is 5.56 Å². The van der Waals surface area contributed by atoms with Crippen LogP contribution in [0.15, 0.2) is 18.2 Å². The van der Waals surface area contributed by atoms with E-state index in [1.54, 1.807) is 12.1 Å². The second-order valence-corrected chi connectivity index (χ2v) is 4.11. The molecule has 0 bridgehead atoms. The number of methoxy groups -OCH3 is 2. The molecule has 4 heteroatoms. The summed E-state index contributed by atoms with van der Waals surface area (Å²) >= 11 is 0. The Morgan fingerprint density at radius 3 is 2.41 bits per heavy atom. The van der Waals surface area contributed by atoms with Crippen LogP contribution in [0.4, 0.5) is 4.39 Å². The molecule has 1 aromatic carbocycles. The molecule has 0 heterocycles. The van der Waals surface area contributed by atoms with Crippen LogP contribution in [0.3, 0.4) is 0 Å². The first-order valence-electron chi connectivity index (χ1n) is 5.43. The van der Waals surface area contributed by atoms with Crippen LogP contribution < -0.4 is 4.74 Å². The first-order valence-corrected chi connectivity index (χ1v) is 5.43. The van der Waals surface area contributed by atoms with Crippen LogP contribution in [0, 0.1) is 11.7 Å². The van der Waals surface area contributed by atoms with Crippen molar-refractivity contribution in [3.05, 3.63) is 29.6 Å². The molecule has 0 N–H and O–H groups in total. The van der Waals surface area contributed by atoms with Gasteiger partial charge in [-0.2, -0.15) is 0 Å². The van der Waals surface area contributed by atoms with Crippen LogP contribution in [0.1, 0.15) is 25.3 Å². The Morgan fingerprint density at radius 1 is 1.29 bits per heavy atom. The lowest BCUT2D eigenvalue weighted by atomic mass is 9.88. The van der Waals surface area contributed by atoms with Gasteiger partial charge >= 0.3 is 5.97 Å². The summed E-state index contributed by atoms with van der Waals surface area (Å²) in [7, 11) is 2.69. The average Bonchev–Trinajstić information content (AvgIpc) is 2.31. The van der Waals surface area contributed by atoms with Gasteiger partial charge in [0.05, 0.1) is 20.1 Å². The summed E-state index contributed by atoms with van der Waals surface area (Å²) in [5, 5.41) is 0. The highest BCUT2D eigenvalue weighted by atomic mass is 19.1. The lowest BCUT2D eigenvalue weighted by molar-refractivity contribution is -0.143. The van der Waals surface area contributed by atoms with E-state index in [-0.39, 0.29) is 11.7 Å². The van der Waals surface area contributed by atoms with Gasteiger partial charge < -0.3 is 9.47 Å². The molecule has 94 valence electrons. The number of benzene rings is 1. The number of ether oxygens (including phenoxy) is 2. The van der Waals surface area contributed by atoms with Crippen LogP contribution in [0.25, 0.3) is 0 Å². The third-order valence-corrected chi connectivity index (χ3v) is 2.67. The first kappa shape index (κ1) is 13.5. The molecule has 17 heavy (non-hydrogen) atoms. The number of carbonyl (C=O) groups excluding carboxylic acids is 1. The normalized spacial score (nSPS) is 12.4. The third kappa shape index (κ3) is 2.75. The van der Waals surface area contributed by atoms with E-state index in [1.165, 1.54) is 20.3 Å². The molecule has 1 unspecified atom stereocenters. The van der Waals surface area contributed by atoms with E-state index in [1.807, 2.05) is 13.8 Å². The largest absolute Gasteiger partial charge is 0.494 e.